The molecule has 0 fully saturated rings. The molecule has 0 bridgehead atoms. The lowest BCUT2D eigenvalue weighted by Crippen LogP contribution is -2.23. The van der Waals surface area contributed by atoms with E-state index in [0.29, 0.717) is 28.1 Å². The van der Waals surface area contributed by atoms with E-state index in [0.717, 1.165) is 17.7 Å². The monoisotopic (exact) mass is 429 g/mol. The Labute approximate surface area is 166 Å². The van der Waals surface area contributed by atoms with Crippen molar-refractivity contribution in [3.8, 4) is 11.5 Å². The van der Waals surface area contributed by atoms with Crippen LogP contribution in [0.2, 0.25) is 0 Å². The Morgan fingerprint density at radius 2 is 1.74 bits per heavy atom. The molecule has 0 atom stereocenters. The number of methoxy groups -OCH3 is 2. The quantitative estimate of drug-likeness (QED) is 0.622. The van der Waals surface area contributed by atoms with Crippen LogP contribution in [0.25, 0.3) is 0 Å². The summed E-state index contributed by atoms with van der Waals surface area (Å²) in [4.78, 5) is 12.5. The minimum absolute atomic E-state index is 0.195. The Morgan fingerprint density at radius 3 is 2.30 bits per heavy atom. The van der Waals surface area contributed by atoms with Crippen molar-refractivity contribution in [2.45, 2.75) is 13.1 Å². The largest absolute Gasteiger partial charge is 0.495 e. The zero-order chi connectivity index (χ0) is 19.2. The van der Waals surface area contributed by atoms with Crippen molar-refractivity contribution in [1.29, 1.82) is 0 Å². The van der Waals surface area contributed by atoms with Gasteiger partial charge in [0.05, 0.1) is 20.8 Å². The van der Waals surface area contributed by atoms with E-state index in [1.54, 1.807) is 32.5 Å². The van der Waals surface area contributed by atoms with Gasteiger partial charge in [0.25, 0.3) is 5.91 Å². The van der Waals surface area contributed by atoms with E-state index in [1.165, 1.54) is 0 Å². The number of carbonyl (C=O) groups is 1. The molecule has 0 saturated carbocycles. The number of benzene rings is 2. The SMILES string of the molecule is COc1cc(C(=O)NCc2ccc(Cn3cccn3)cc2)cc(OC)c1Br. The molecule has 0 radical (unpaired) electrons. The molecule has 1 heterocycles. The number of amides is 1. The summed E-state index contributed by atoms with van der Waals surface area (Å²) in [7, 11) is 3.10. The minimum atomic E-state index is -0.195. The number of halogens is 1. The normalized spacial score (nSPS) is 10.5. The fourth-order valence-electron chi connectivity index (χ4n) is 2.63. The lowest BCUT2D eigenvalue weighted by molar-refractivity contribution is 0.0950. The molecule has 1 N–H and O–H groups in total. The maximum atomic E-state index is 12.5. The molecule has 7 heteroatoms. The highest BCUT2D eigenvalue weighted by molar-refractivity contribution is 9.10. The van der Waals surface area contributed by atoms with Crippen LogP contribution in [0.4, 0.5) is 0 Å². The van der Waals surface area contributed by atoms with Gasteiger partial charge in [-0.15, -0.1) is 0 Å². The second-order valence-corrected chi connectivity index (χ2v) is 6.69. The summed E-state index contributed by atoms with van der Waals surface area (Å²) >= 11 is 3.40. The summed E-state index contributed by atoms with van der Waals surface area (Å²) in [6.07, 6.45) is 3.69. The molecule has 6 nitrogen and oxygen atoms in total. The van der Waals surface area contributed by atoms with E-state index in [9.17, 15) is 4.79 Å². The molecular weight excluding hydrogens is 410 g/mol. The van der Waals surface area contributed by atoms with Crippen molar-refractivity contribution >= 4 is 21.8 Å². The van der Waals surface area contributed by atoms with Crippen LogP contribution in [-0.2, 0) is 13.1 Å². The molecule has 0 aliphatic heterocycles. The third-order valence-electron chi connectivity index (χ3n) is 4.09. The van der Waals surface area contributed by atoms with Gasteiger partial charge < -0.3 is 14.8 Å². The van der Waals surface area contributed by atoms with Crippen molar-refractivity contribution in [3.05, 3.63) is 76.0 Å². The van der Waals surface area contributed by atoms with E-state index >= 15 is 0 Å². The molecule has 1 amide bonds. The smallest absolute Gasteiger partial charge is 0.251 e. The molecule has 27 heavy (non-hydrogen) atoms. The fraction of sp³-hybridized carbons (Fsp3) is 0.200. The topological polar surface area (TPSA) is 65.4 Å². The van der Waals surface area contributed by atoms with Gasteiger partial charge in [0.2, 0.25) is 0 Å². The first kappa shape index (κ1) is 19.0. The number of carbonyl (C=O) groups excluding carboxylic acids is 1. The third-order valence-corrected chi connectivity index (χ3v) is 4.87. The highest BCUT2D eigenvalue weighted by Gasteiger charge is 2.14. The number of nitrogens with zero attached hydrogens (tertiary/aromatic N) is 2. The van der Waals surface area contributed by atoms with Gasteiger partial charge in [-0.05, 0) is 45.3 Å². The van der Waals surface area contributed by atoms with Gasteiger partial charge >= 0.3 is 0 Å². The maximum Gasteiger partial charge on any atom is 0.251 e. The zero-order valence-electron chi connectivity index (χ0n) is 15.1. The van der Waals surface area contributed by atoms with Crippen LogP contribution in [0.5, 0.6) is 11.5 Å². The number of aromatic nitrogens is 2. The molecule has 0 spiro atoms. The molecule has 140 valence electrons. The van der Waals surface area contributed by atoms with Crippen LogP contribution >= 0.6 is 15.9 Å². The first-order chi connectivity index (χ1) is 13.1. The number of hydrogen-bond donors (Lipinski definition) is 1. The lowest BCUT2D eigenvalue weighted by Gasteiger charge is -2.12. The maximum absolute atomic E-state index is 12.5. The summed E-state index contributed by atoms with van der Waals surface area (Å²) in [5.74, 6) is 0.893. The Balaban J connectivity index is 1.63. The molecule has 0 unspecified atom stereocenters. The number of nitrogens with one attached hydrogen (secondary N) is 1. The van der Waals surface area contributed by atoms with Gasteiger partial charge in [0.15, 0.2) is 0 Å². The Morgan fingerprint density at radius 1 is 1.11 bits per heavy atom. The Bertz CT molecular complexity index is 884. The summed E-state index contributed by atoms with van der Waals surface area (Å²) in [5, 5.41) is 7.12. The minimum Gasteiger partial charge on any atom is -0.495 e. The lowest BCUT2D eigenvalue weighted by atomic mass is 10.1. The Hall–Kier alpha value is -2.80. The predicted octanol–water partition coefficient (Wildman–Crippen LogP) is 3.64. The van der Waals surface area contributed by atoms with Crippen LogP contribution in [0.1, 0.15) is 21.5 Å². The Kier molecular flexibility index (Phi) is 6.13. The molecule has 1 aromatic heterocycles. The highest BCUT2D eigenvalue weighted by atomic mass is 79.9. The van der Waals surface area contributed by atoms with Gasteiger partial charge in [-0.1, -0.05) is 24.3 Å². The van der Waals surface area contributed by atoms with Gasteiger partial charge in [0.1, 0.15) is 16.0 Å². The molecule has 0 aliphatic rings. The zero-order valence-corrected chi connectivity index (χ0v) is 16.7. The van der Waals surface area contributed by atoms with Crippen LogP contribution in [0.3, 0.4) is 0 Å². The average Bonchev–Trinajstić information content (AvgIpc) is 3.20. The van der Waals surface area contributed by atoms with Crippen molar-refractivity contribution in [2.24, 2.45) is 0 Å². The van der Waals surface area contributed by atoms with E-state index in [-0.39, 0.29) is 5.91 Å². The van der Waals surface area contributed by atoms with E-state index in [4.69, 9.17) is 9.47 Å². The van der Waals surface area contributed by atoms with Gasteiger partial charge in [-0.25, -0.2) is 0 Å². The van der Waals surface area contributed by atoms with Crippen LogP contribution in [0.15, 0.2) is 59.3 Å². The molecule has 0 saturated heterocycles. The standard InChI is InChI=1S/C20H20BrN3O3/c1-26-17-10-16(11-18(27-2)19(17)21)20(25)22-12-14-4-6-15(7-5-14)13-24-9-3-8-23-24/h3-11H,12-13H2,1-2H3,(H,22,25). The highest BCUT2D eigenvalue weighted by Crippen LogP contribution is 2.35. The van der Waals surface area contributed by atoms with Gasteiger partial charge in [0, 0.05) is 24.5 Å². The van der Waals surface area contributed by atoms with E-state index < -0.39 is 0 Å². The predicted molar refractivity (Wildman–Crippen MR) is 106 cm³/mol. The molecular formula is C20H20BrN3O3. The fourth-order valence-corrected chi connectivity index (χ4v) is 3.18. The second kappa shape index (κ2) is 8.73. The van der Waals surface area contributed by atoms with Crippen molar-refractivity contribution in [3.63, 3.8) is 0 Å². The molecule has 3 aromatic rings. The number of hydrogen-bond acceptors (Lipinski definition) is 4. The summed E-state index contributed by atoms with van der Waals surface area (Å²) in [6, 6.07) is 13.3. The van der Waals surface area contributed by atoms with Gasteiger partial charge in [-0.2, -0.15) is 5.10 Å². The van der Waals surface area contributed by atoms with Crippen LogP contribution < -0.4 is 14.8 Å². The van der Waals surface area contributed by atoms with Crippen LogP contribution in [-0.4, -0.2) is 29.9 Å². The number of rotatable bonds is 7. The molecule has 0 aliphatic carbocycles. The molecule has 3 rings (SSSR count). The first-order valence-corrected chi connectivity index (χ1v) is 9.15. The van der Waals surface area contributed by atoms with E-state index in [2.05, 4.69) is 26.3 Å². The van der Waals surface area contributed by atoms with Gasteiger partial charge in [-0.3, -0.25) is 9.48 Å². The first-order valence-electron chi connectivity index (χ1n) is 8.35. The summed E-state index contributed by atoms with van der Waals surface area (Å²) in [5.41, 5.74) is 2.64. The summed E-state index contributed by atoms with van der Waals surface area (Å²) < 4.78 is 13.1. The average molecular weight is 430 g/mol. The number of ether oxygens (including phenoxy) is 2. The van der Waals surface area contributed by atoms with Crippen molar-refractivity contribution in [1.82, 2.24) is 15.1 Å². The summed E-state index contributed by atoms with van der Waals surface area (Å²) in [6.45, 7) is 1.15. The third kappa shape index (κ3) is 4.68. The second-order valence-electron chi connectivity index (χ2n) is 5.90. The van der Waals surface area contributed by atoms with Crippen molar-refractivity contribution < 1.29 is 14.3 Å². The van der Waals surface area contributed by atoms with E-state index in [1.807, 2.05) is 41.2 Å². The van der Waals surface area contributed by atoms with Crippen molar-refractivity contribution in [2.75, 3.05) is 14.2 Å². The van der Waals surface area contributed by atoms with Crippen LogP contribution in [0, 0.1) is 0 Å². The molecule has 2 aromatic carbocycles.